The predicted octanol–water partition coefficient (Wildman–Crippen LogP) is 2.47. The van der Waals surface area contributed by atoms with Gasteiger partial charge in [-0.05, 0) is 18.6 Å². The summed E-state index contributed by atoms with van der Waals surface area (Å²) in [7, 11) is 1.70. The van der Waals surface area contributed by atoms with Gasteiger partial charge in [0.1, 0.15) is 0 Å². The molecule has 0 spiro atoms. The molecule has 0 saturated carbocycles. The number of benzene rings is 1. The molecule has 0 N–H and O–H groups in total. The molecule has 0 saturated heterocycles. The van der Waals surface area contributed by atoms with E-state index in [0.29, 0.717) is 0 Å². The molecule has 1 heterocycles. The maximum atomic E-state index is 5.25. The number of anilines is 1. The van der Waals surface area contributed by atoms with Crippen molar-refractivity contribution in [3.05, 3.63) is 35.9 Å². The summed E-state index contributed by atoms with van der Waals surface area (Å²) >= 11 is 0. The maximum absolute atomic E-state index is 5.25. The highest BCUT2D eigenvalue weighted by atomic mass is 16.7. The molecule has 1 aromatic rings. The van der Waals surface area contributed by atoms with E-state index < -0.39 is 0 Å². The average molecular weight is 175 g/mol. The molecular weight excluding hydrogens is 162 g/mol. The van der Waals surface area contributed by atoms with Gasteiger partial charge in [-0.1, -0.05) is 24.3 Å². The van der Waals surface area contributed by atoms with Gasteiger partial charge in [-0.3, -0.25) is 9.90 Å². The molecule has 2 rings (SSSR count). The van der Waals surface area contributed by atoms with Gasteiger partial charge in [0.2, 0.25) is 0 Å². The van der Waals surface area contributed by atoms with Crippen LogP contribution in [0.1, 0.15) is 12.5 Å². The molecule has 0 amide bonds. The Morgan fingerprint density at radius 2 is 2.08 bits per heavy atom. The molecule has 0 radical (unpaired) electrons. The fourth-order valence-corrected chi connectivity index (χ4v) is 1.63. The van der Waals surface area contributed by atoms with Gasteiger partial charge in [0.25, 0.3) is 0 Å². The molecule has 0 fully saturated rings. The molecule has 13 heavy (non-hydrogen) atoms. The summed E-state index contributed by atoms with van der Waals surface area (Å²) in [5, 5.41) is 1.89. The van der Waals surface area contributed by atoms with Crippen LogP contribution in [0, 0.1) is 0 Å². The van der Waals surface area contributed by atoms with Gasteiger partial charge in [-0.25, -0.2) is 0 Å². The molecule has 1 aliphatic rings. The van der Waals surface area contributed by atoms with Crippen LogP contribution in [0.15, 0.2) is 30.3 Å². The van der Waals surface area contributed by atoms with Gasteiger partial charge in [0.05, 0.1) is 19.3 Å². The molecule has 1 aliphatic heterocycles. The first-order chi connectivity index (χ1) is 6.33. The lowest BCUT2D eigenvalue weighted by Crippen LogP contribution is -2.25. The molecule has 0 bridgehead atoms. The lowest BCUT2D eigenvalue weighted by Gasteiger charge is -2.27. The molecule has 0 unspecified atom stereocenters. The standard InChI is InChI=1S/C11H13NO/c1-9-7-8-12(13-2)11-6-4-3-5-10(9)11/h3-7H,8H2,1-2H3. The Hall–Kier alpha value is -1.28. The van der Waals surface area contributed by atoms with Crippen molar-refractivity contribution in [2.45, 2.75) is 6.92 Å². The minimum atomic E-state index is 0.833. The summed E-state index contributed by atoms with van der Waals surface area (Å²) in [5.41, 5.74) is 3.74. The van der Waals surface area contributed by atoms with Crippen molar-refractivity contribution in [3.63, 3.8) is 0 Å². The van der Waals surface area contributed by atoms with Crippen LogP contribution in [-0.2, 0) is 4.84 Å². The lowest BCUT2D eigenvalue weighted by molar-refractivity contribution is 0.174. The molecule has 2 nitrogen and oxygen atoms in total. The third kappa shape index (κ3) is 1.33. The zero-order chi connectivity index (χ0) is 9.26. The van der Waals surface area contributed by atoms with Crippen LogP contribution in [-0.4, -0.2) is 13.7 Å². The fraction of sp³-hybridized carbons (Fsp3) is 0.273. The third-order valence-electron chi connectivity index (χ3n) is 2.38. The van der Waals surface area contributed by atoms with E-state index in [1.54, 1.807) is 7.11 Å². The number of hydrogen-bond donors (Lipinski definition) is 0. The van der Waals surface area contributed by atoms with E-state index in [0.717, 1.165) is 12.2 Å². The van der Waals surface area contributed by atoms with Gasteiger partial charge in [0.15, 0.2) is 0 Å². The van der Waals surface area contributed by atoms with E-state index in [1.807, 2.05) is 11.1 Å². The smallest absolute Gasteiger partial charge is 0.0715 e. The number of para-hydroxylation sites is 1. The van der Waals surface area contributed by atoms with Gasteiger partial charge in [0, 0.05) is 5.56 Å². The average Bonchev–Trinajstić information content (AvgIpc) is 2.19. The number of hydrogen-bond acceptors (Lipinski definition) is 2. The van der Waals surface area contributed by atoms with Crippen LogP contribution in [0.5, 0.6) is 0 Å². The molecule has 0 aromatic heterocycles. The van der Waals surface area contributed by atoms with E-state index in [-0.39, 0.29) is 0 Å². The zero-order valence-corrected chi connectivity index (χ0v) is 7.95. The van der Waals surface area contributed by atoms with Crippen LogP contribution in [0.2, 0.25) is 0 Å². The number of nitrogens with zero attached hydrogens (tertiary/aromatic N) is 1. The largest absolute Gasteiger partial charge is 0.276 e. The quantitative estimate of drug-likeness (QED) is 0.650. The Kier molecular flexibility index (Phi) is 2.07. The zero-order valence-electron chi connectivity index (χ0n) is 7.95. The molecule has 68 valence electrons. The summed E-state index contributed by atoms with van der Waals surface area (Å²) < 4.78 is 0. The predicted molar refractivity (Wildman–Crippen MR) is 54.4 cm³/mol. The van der Waals surface area contributed by atoms with Gasteiger partial charge < -0.3 is 0 Å². The lowest BCUT2D eigenvalue weighted by atomic mass is 10.0. The summed E-state index contributed by atoms with van der Waals surface area (Å²) in [5.74, 6) is 0. The summed E-state index contributed by atoms with van der Waals surface area (Å²) in [6, 6.07) is 8.28. The topological polar surface area (TPSA) is 12.5 Å². The highest BCUT2D eigenvalue weighted by Crippen LogP contribution is 2.30. The van der Waals surface area contributed by atoms with E-state index in [4.69, 9.17) is 4.84 Å². The number of fused-ring (bicyclic) bond motifs is 1. The van der Waals surface area contributed by atoms with Crippen LogP contribution >= 0.6 is 0 Å². The Morgan fingerprint density at radius 1 is 1.31 bits per heavy atom. The highest BCUT2D eigenvalue weighted by molar-refractivity contribution is 5.78. The summed E-state index contributed by atoms with van der Waals surface area (Å²) in [6.07, 6.45) is 2.17. The maximum Gasteiger partial charge on any atom is 0.0715 e. The van der Waals surface area contributed by atoms with Crippen LogP contribution in [0.25, 0.3) is 5.57 Å². The Morgan fingerprint density at radius 3 is 2.85 bits per heavy atom. The van der Waals surface area contributed by atoms with Crippen molar-refractivity contribution in [2.24, 2.45) is 0 Å². The highest BCUT2D eigenvalue weighted by Gasteiger charge is 2.14. The van der Waals surface area contributed by atoms with Gasteiger partial charge >= 0.3 is 0 Å². The van der Waals surface area contributed by atoms with Crippen molar-refractivity contribution >= 4 is 11.3 Å². The minimum absolute atomic E-state index is 0.833. The Bertz CT molecular complexity index is 344. The number of allylic oxidation sites excluding steroid dienone is 1. The fourth-order valence-electron chi connectivity index (χ4n) is 1.63. The Balaban J connectivity index is 2.50. The molecule has 0 aliphatic carbocycles. The van der Waals surface area contributed by atoms with E-state index in [9.17, 15) is 0 Å². The SMILES string of the molecule is CON1CC=C(C)c2ccccc21. The van der Waals surface area contributed by atoms with Crippen LogP contribution in [0.4, 0.5) is 5.69 Å². The monoisotopic (exact) mass is 175 g/mol. The third-order valence-corrected chi connectivity index (χ3v) is 2.38. The van der Waals surface area contributed by atoms with Crippen LogP contribution in [0.3, 0.4) is 0 Å². The van der Waals surface area contributed by atoms with E-state index in [2.05, 4.69) is 31.2 Å². The minimum Gasteiger partial charge on any atom is -0.276 e. The second kappa shape index (κ2) is 3.23. The van der Waals surface area contributed by atoms with E-state index >= 15 is 0 Å². The number of hydroxylamine groups is 1. The first-order valence-corrected chi connectivity index (χ1v) is 4.40. The second-order valence-corrected chi connectivity index (χ2v) is 3.15. The normalized spacial score (nSPS) is 15.2. The van der Waals surface area contributed by atoms with Crippen LogP contribution < -0.4 is 5.06 Å². The van der Waals surface area contributed by atoms with Crippen molar-refractivity contribution in [2.75, 3.05) is 18.7 Å². The summed E-state index contributed by atoms with van der Waals surface area (Å²) in [6.45, 7) is 2.96. The van der Waals surface area contributed by atoms with Crippen molar-refractivity contribution in [1.29, 1.82) is 0 Å². The molecule has 2 heteroatoms. The second-order valence-electron chi connectivity index (χ2n) is 3.15. The van der Waals surface area contributed by atoms with Gasteiger partial charge in [-0.15, -0.1) is 0 Å². The summed E-state index contributed by atoms with van der Waals surface area (Å²) in [4.78, 5) is 5.25. The molecule has 0 atom stereocenters. The first-order valence-electron chi connectivity index (χ1n) is 4.40. The molecular formula is C11H13NO. The molecule has 1 aromatic carbocycles. The van der Waals surface area contributed by atoms with E-state index in [1.165, 1.54) is 11.1 Å². The first kappa shape index (κ1) is 8.32. The van der Waals surface area contributed by atoms with Crippen molar-refractivity contribution in [3.8, 4) is 0 Å². The van der Waals surface area contributed by atoms with Crippen molar-refractivity contribution in [1.82, 2.24) is 0 Å². The van der Waals surface area contributed by atoms with Gasteiger partial charge in [-0.2, -0.15) is 0 Å². The number of rotatable bonds is 1. The van der Waals surface area contributed by atoms with Crippen molar-refractivity contribution < 1.29 is 4.84 Å². The Labute approximate surface area is 78.4 Å².